The zero-order valence-corrected chi connectivity index (χ0v) is 10.5. The summed E-state index contributed by atoms with van der Waals surface area (Å²) in [6.07, 6.45) is 4.88. The summed E-state index contributed by atoms with van der Waals surface area (Å²) in [7, 11) is 0. The molecular weight excluding hydrogens is 218 g/mol. The Morgan fingerprint density at radius 2 is 1.94 bits per heavy atom. The summed E-state index contributed by atoms with van der Waals surface area (Å²) in [6, 6.07) is 0. The van der Waals surface area contributed by atoms with Crippen molar-refractivity contribution in [2.75, 3.05) is 6.54 Å². The molecule has 4 heteroatoms. The van der Waals surface area contributed by atoms with Crippen molar-refractivity contribution in [1.82, 2.24) is 5.32 Å². The van der Waals surface area contributed by atoms with Gasteiger partial charge in [-0.05, 0) is 24.2 Å². The molecule has 0 aliphatic heterocycles. The Balaban J connectivity index is 1.70. The number of amides is 1. The van der Waals surface area contributed by atoms with Crippen LogP contribution in [-0.2, 0) is 9.59 Å². The molecule has 0 radical (unpaired) electrons. The standard InChI is InChI=1S/C13H21NO3/c1-13(2)9(10(13)12(16)17)11(15)14-7-3-4-8-5-6-8/h8-10H,3-7H2,1-2H3,(H,14,15)(H,16,17). The summed E-state index contributed by atoms with van der Waals surface area (Å²) >= 11 is 0. The Bertz CT molecular complexity index is 334. The number of aliphatic carboxylic acids is 1. The molecule has 2 fully saturated rings. The van der Waals surface area contributed by atoms with Crippen LogP contribution in [0, 0.1) is 23.2 Å². The van der Waals surface area contributed by atoms with Gasteiger partial charge in [-0.3, -0.25) is 9.59 Å². The average molecular weight is 239 g/mol. The largest absolute Gasteiger partial charge is 0.481 e. The molecule has 2 unspecified atom stereocenters. The summed E-state index contributed by atoms with van der Waals surface area (Å²) in [5.74, 6) is -0.908. The molecule has 2 atom stereocenters. The predicted octanol–water partition coefficient (Wildman–Crippen LogP) is 1.65. The lowest BCUT2D eigenvalue weighted by Crippen LogP contribution is -2.28. The molecule has 2 N–H and O–H groups in total. The third-order valence-corrected chi connectivity index (χ3v) is 4.16. The minimum absolute atomic E-state index is 0.0850. The van der Waals surface area contributed by atoms with E-state index in [2.05, 4.69) is 5.32 Å². The van der Waals surface area contributed by atoms with Crippen molar-refractivity contribution in [3.8, 4) is 0 Å². The van der Waals surface area contributed by atoms with Gasteiger partial charge in [-0.2, -0.15) is 0 Å². The lowest BCUT2D eigenvalue weighted by molar-refractivity contribution is -0.140. The van der Waals surface area contributed by atoms with Crippen LogP contribution in [0.3, 0.4) is 0 Å². The topological polar surface area (TPSA) is 66.4 Å². The number of nitrogens with one attached hydrogen (secondary N) is 1. The Morgan fingerprint density at radius 3 is 2.41 bits per heavy atom. The Kier molecular flexibility index (Phi) is 3.15. The van der Waals surface area contributed by atoms with Crippen LogP contribution >= 0.6 is 0 Å². The molecule has 2 rings (SSSR count). The van der Waals surface area contributed by atoms with Gasteiger partial charge in [0.2, 0.25) is 5.91 Å². The van der Waals surface area contributed by atoms with E-state index in [4.69, 9.17) is 5.11 Å². The number of rotatable bonds is 6. The number of carboxylic acid groups (broad SMARTS) is 1. The molecule has 0 aromatic heterocycles. The van der Waals surface area contributed by atoms with E-state index < -0.39 is 11.9 Å². The van der Waals surface area contributed by atoms with Crippen LogP contribution in [0.4, 0.5) is 0 Å². The highest BCUT2D eigenvalue weighted by atomic mass is 16.4. The van der Waals surface area contributed by atoms with Gasteiger partial charge in [0.15, 0.2) is 0 Å². The van der Waals surface area contributed by atoms with Crippen LogP contribution in [0.5, 0.6) is 0 Å². The molecule has 1 amide bonds. The molecule has 17 heavy (non-hydrogen) atoms. The third kappa shape index (κ3) is 2.61. The molecule has 96 valence electrons. The van der Waals surface area contributed by atoms with Crippen molar-refractivity contribution in [2.45, 2.75) is 39.5 Å². The molecule has 0 aromatic rings. The SMILES string of the molecule is CC1(C)C(C(=O)O)C1C(=O)NCCCC1CC1. The summed E-state index contributed by atoms with van der Waals surface area (Å²) in [4.78, 5) is 22.8. The quantitative estimate of drug-likeness (QED) is 0.693. The second-order valence-electron chi connectivity index (χ2n) is 5.99. The second-order valence-corrected chi connectivity index (χ2v) is 5.99. The van der Waals surface area contributed by atoms with Gasteiger partial charge < -0.3 is 10.4 Å². The molecule has 4 nitrogen and oxygen atoms in total. The van der Waals surface area contributed by atoms with Crippen LogP contribution in [-0.4, -0.2) is 23.5 Å². The molecule has 2 aliphatic carbocycles. The Hall–Kier alpha value is -1.06. The monoisotopic (exact) mass is 239 g/mol. The zero-order valence-electron chi connectivity index (χ0n) is 10.5. The van der Waals surface area contributed by atoms with E-state index in [0.29, 0.717) is 6.54 Å². The van der Waals surface area contributed by atoms with Gasteiger partial charge in [-0.15, -0.1) is 0 Å². The predicted molar refractivity (Wildman–Crippen MR) is 63.4 cm³/mol. The van der Waals surface area contributed by atoms with Gasteiger partial charge in [0.25, 0.3) is 0 Å². The van der Waals surface area contributed by atoms with Crippen LogP contribution in [0.25, 0.3) is 0 Å². The summed E-state index contributed by atoms with van der Waals surface area (Å²) in [6.45, 7) is 4.38. The Labute approximate surface area is 102 Å². The zero-order chi connectivity index (χ0) is 12.6. The van der Waals surface area contributed by atoms with E-state index in [9.17, 15) is 9.59 Å². The van der Waals surface area contributed by atoms with E-state index in [1.165, 1.54) is 19.3 Å². The van der Waals surface area contributed by atoms with Gasteiger partial charge in [-0.25, -0.2) is 0 Å². The number of hydrogen-bond acceptors (Lipinski definition) is 2. The molecule has 0 heterocycles. The first-order chi connectivity index (χ1) is 7.94. The highest BCUT2D eigenvalue weighted by Gasteiger charge is 2.65. The van der Waals surface area contributed by atoms with Crippen molar-refractivity contribution >= 4 is 11.9 Å². The maximum Gasteiger partial charge on any atom is 0.307 e. The van der Waals surface area contributed by atoms with E-state index in [1.807, 2.05) is 13.8 Å². The van der Waals surface area contributed by atoms with Crippen LogP contribution < -0.4 is 5.32 Å². The fourth-order valence-electron chi connectivity index (χ4n) is 2.71. The molecule has 2 aliphatic rings. The Morgan fingerprint density at radius 1 is 1.29 bits per heavy atom. The van der Waals surface area contributed by atoms with Crippen molar-refractivity contribution in [2.24, 2.45) is 23.2 Å². The molecule has 0 spiro atoms. The number of carbonyl (C=O) groups excluding carboxylic acids is 1. The fraction of sp³-hybridized carbons (Fsp3) is 0.846. The second kappa shape index (κ2) is 4.31. The molecule has 2 saturated carbocycles. The number of carboxylic acids is 1. The lowest BCUT2D eigenvalue weighted by atomic mass is 10.1. The first-order valence-corrected chi connectivity index (χ1v) is 6.45. The number of hydrogen-bond donors (Lipinski definition) is 2. The average Bonchev–Trinajstić information content (AvgIpc) is 3.09. The first-order valence-electron chi connectivity index (χ1n) is 6.45. The van der Waals surface area contributed by atoms with Crippen molar-refractivity contribution < 1.29 is 14.7 Å². The maximum atomic E-state index is 11.8. The van der Waals surface area contributed by atoms with Gasteiger partial charge >= 0.3 is 5.97 Å². The van der Waals surface area contributed by atoms with Crippen LogP contribution in [0.2, 0.25) is 0 Å². The smallest absolute Gasteiger partial charge is 0.307 e. The van der Waals surface area contributed by atoms with Gasteiger partial charge in [0, 0.05) is 6.54 Å². The molecular formula is C13H21NO3. The van der Waals surface area contributed by atoms with E-state index in [0.717, 1.165) is 12.3 Å². The van der Waals surface area contributed by atoms with E-state index in [-0.39, 0.29) is 17.2 Å². The minimum atomic E-state index is -0.854. The molecule has 0 bridgehead atoms. The first kappa shape index (κ1) is 12.4. The molecule has 0 aromatic carbocycles. The highest BCUT2D eigenvalue weighted by Crippen LogP contribution is 2.58. The minimum Gasteiger partial charge on any atom is -0.481 e. The van der Waals surface area contributed by atoms with Gasteiger partial charge in [-0.1, -0.05) is 26.7 Å². The van der Waals surface area contributed by atoms with Crippen molar-refractivity contribution in [1.29, 1.82) is 0 Å². The summed E-state index contributed by atoms with van der Waals surface area (Å²) in [5, 5.41) is 11.8. The maximum absolute atomic E-state index is 11.8. The normalized spacial score (nSPS) is 29.8. The number of carbonyl (C=O) groups is 2. The lowest BCUT2D eigenvalue weighted by Gasteiger charge is -2.05. The summed E-state index contributed by atoms with van der Waals surface area (Å²) < 4.78 is 0. The third-order valence-electron chi connectivity index (χ3n) is 4.16. The van der Waals surface area contributed by atoms with Crippen molar-refractivity contribution in [3.05, 3.63) is 0 Å². The summed E-state index contributed by atoms with van der Waals surface area (Å²) in [5.41, 5.74) is -0.383. The molecule has 0 saturated heterocycles. The van der Waals surface area contributed by atoms with Crippen LogP contribution in [0.1, 0.15) is 39.5 Å². The van der Waals surface area contributed by atoms with Crippen molar-refractivity contribution in [3.63, 3.8) is 0 Å². The highest BCUT2D eigenvalue weighted by molar-refractivity contribution is 5.91. The van der Waals surface area contributed by atoms with E-state index in [1.54, 1.807) is 0 Å². The van der Waals surface area contributed by atoms with Gasteiger partial charge in [0.1, 0.15) is 0 Å². The van der Waals surface area contributed by atoms with Gasteiger partial charge in [0.05, 0.1) is 11.8 Å². The van der Waals surface area contributed by atoms with Crippen LogP contribution in [0.15, 0.2) is 0 Å². The van der Waals surface area contributed by atoms with E-state index >= 15 is 0 Å². The fourth-order valence-corrected chi connectivity index (χ4v) is 2.71.